The third-order valence-corrected chi connectivity index (χ3v) is 2.66. The molecule has 1 atom stereocenters. The Bertz CT molecular complexity index is 349. The van der Waals surface area contributed by atoms with Crippen LogP contribution in [0.1, 0.15) is 19.4 Å². The molecule has 1 aliphatic heterocycles. The molecule has 15 heavy (non-hydrogen) atoms. The van der Waals surface area contributed by atoms with Gasteiger partial charge in [-0.3, -0.25) is 0 Å². The van der Waals surface area contributed by atoms with Crippen LogP contribution in [-0.2, 0) is 6.42 Å². The molecule has 0 saturated carbocycles. The first-order valence-corrected chi connectivity index (χ1v) is 5.44. The van der Waals surface area contributed by atoms with Gasteiger partial charge in [-0.2, -0.15) is 0 Å². The molecule has 1 aromatic carbocycles. The minimum Gasteiger partial charge on any atom is -0.381 e. The molecule has 3 heteroatoms. The van der Waals surface area contributed by atoms with E-state index in [1.54, 1.807) is 6.07 Å². The van der Waals surface area contributed by atoms with E-state index in [9.17, 15) is 4.39 Å². The van der Waals surface area contributed by atoms with Gasteiger partial charge in [0.15, 0.2) is 0 Å². The maximum atomic E-state index is 13.4. The van der Waals surface area contributed by atoms with Crippen molar-refractivity contribution in [1.82, 2.24) is 5.32 Å². The van der Waals surface area contributed by atoms with Crippen LogP contribution in [0.5, 0.6) is 0 Å². The highest BCUT2D eigenvalue weighted by Gasteiger charge is 2.20. The van der Waals surface area contributed by atoms with E-state index >= 15 is 0 Å². The van der Waals surface area contributed by atoms with E-state index in [1.807, 2.05) is 6.07 Å². The Morgan fingerprint density at radius 2 is 2.27 bits per heavy atom. The molecule has 1 aromatic rings. The highest BCUT2D eigenvalue weighted by Crippen LogP contribution is 2.24. The zero-order chi connectivity index (χ0) is 10.8. The predicted octanol–water partition coefficient (Wildman–Crippen LogP) is 2.16. The Morgan fingerprint density at radius 1 is 1.47 bits per heavy atom. The molecule has 0 spiro atoms. The van der Waals surface area contributed by atoms with Crippen molar-refractivity contribution in [1.29, 1.82) is 0 Å². The summed E-state index contributed by atoms with van der Waals surface area (Å²) in [6, 6.07) is 6.13. The second-order valence-electron chi connectivity index (χ2n) is 4.38. The summed E-state index contributed by atoms with van der Waals surface area (Å²) in [5.74, 6) is -0.143. The quantitative estimate of drug-likeness (QED) is 0.778. The molecule has 2 nitrogen and oxygen atoms in total. The molecule has 1 unspecified atom stereocenters. The van der Waals surface area contributed by atoms with Gasteiger partial charge in [0.2, 0.25) is 0 Å². The van der Waals surface area contributed by atoms with E-state index in [4.69, 9.17) is 0 Å². The van der Waals surface area contributed by atoms with E-state index < -0.39 is 0 Å². The lowest BCUT2D eigenvalue weighted by Crippen LogP contribution is -2.43. The van der Waals surface area contributed by atoms with Gasteiger partial charge in [0.05, 0.1) is 5.69 Å². The van der Waals surface area contributed by atoms with Gasteiger partial charge in [0, 0.05) is 18.6 Å². The number of para-hydroxylation sites is 1. The number of rotatable bonds is 2. The van der Waals surface area contributed by atoms with Crippen molar-refractivity contribution in [3.63, 3.8) is 0 Å². The summed E-state index contributed by atoms with van der Waals surface area (Å²) in [5.41, 5.74) is 1.75. The summed E-state index contributed by atoms with van der Waals surface area (Å²) in [7, 11) is 0. The second-order valence-corrected chi connectivity index (χ2v) is 4.38. The lowest BCUT2D eigenvalue weighted by Gasteiger charge is -2.28. The molecule has 0 amide bonds. The molecule has 2 rings (SSSR count). The average Bonchev–Trinajstić information content (AvgIpc) is 2.17. The first kappa shape index (κ1) is 10.4. The summed E-state index contributed by atoms with van der Waals surface area (Å²) in [6.45, 7) is 5.05. The first-order valence-electron chi connectivity index (χ1n) is 5.44. The number of benzene rings is 1. The third-order valence-electron chi connectivity index (χ3n) is 2.66. The smallest absolute Gasteiger partial charge is 0.146 e. The molecule has 0 radical (unpaired) electrons. The molecule has 0 aromatic heterocycles. The van der Waals surface area contributed by atoms with Crippen LogP contribution in [0.2, 0.25) is 0 Å². The number of hydrogen-bond donors (Lipinski definition) is 2. The fraction of sp³-hybridized carbons (Fsp3) is 0.500. The van der Waals surface area contributed by atoms with Crippen LogP contribution in [0.25, 0.3) is 0 Å². The zero-order valence-corrected chi connectivity index (χ0v) is 9.18. The van der Waals surface area contributed by atoms with Gasteiger partial charge in [-0.25, -0.2) is 4.39 Å². The minimum atomic E-state index is -0.143. The SMILES string of the molecule is CC(C)NC1CNc2c(F)cccc2C1. The van der Waals surface area contributed by atoms with E-state index in [0.717, 1.165) is 18.5 Å². The molecule has 0 aliphatic carbocycles. The molecular formula is C12H17FN2. The topological polar surface area (TPSA) is 24.1 Å². The number of anilines is 1. The van der Waals surface area contributed by atoms with Gasteiger partial charge in [-0.1, -0.05) is 26.0 Å². The van der Waals surface area contributed by atoms with E-state index in [0.29, 0.717) is 17.8 Å². The third kappa shape index (κ3) is 2.29. The van der Waals surface area contributed by atoms with Gasteiger partial charge in [0.25, 0.3) is 0 Å². The normalized spacial score (nSPS) is 19.9. The summed E-state index contributed by atoms with van der Waals surface area (Å²) in [5, 5.41) is 6.61. The van der Waals surface area contributed by atoms with Gasteiger partial charge in [0.1, 0.15) is 5.82 Å². The number of halogens is 1. The molecular weight excluding hydrogens is 191 g/mol. The monoisotopic (exact) mass is 208 g/mol. The van der Waals surface area contributed by atoms with Crippen molar-refractivity contribution in [3.05, 3.63) is 29.6 Å². The summed E-state index contributed by atoms with van der Waals surface area (Å²) in [6.07, 6.45) is 0.901. The molecule has 0 saturated heterocycles. The zero-order valence-electron chi connectivity index (χ0n) is 9.18. The van der Waals surface area contributed by atoms with Gasteiger partial charge >= 0.3 is 0 Å². The van der Waals surface area contributed by atoms with Crippen molar-refractivity contribution in [3.8, 4) is 0 Å². The van der Waals surface area contributed by atoms with Crippen LogP contribution in [0.3, 0.4) is 0 Å². The van der Waals surface area contributed by atoms with Crippen molar-refractivity contribution in [2.24, 2.45) is 0 Å². The highest BCUT2D eigenvalue weighted by molar-refractivity contribution is 5.54. The molecule has 82 valence electrons. The lowest BCUT2D eigenvalue weighted by molar-refractivity contribution is 0.464. The Labute approximate surface area is 89.9 Å². The van der Waals surface area contributed by atoms with Crippen molar-refractivity contribution >= 4 is 5.69 Å². The first-order chi connectivity index (χ1) is 7.16. The Hall–Kier alpha value is -1.09. The van der Waals surface area contributed by atoms with E-state index in [1.165, 1.54) is 6.07 Å². The Balaban J connectivity index is 2.13. The van der Waals surface area contributed by atoms with Crippen molar-refractivity contribution < 1.29 is 4.39 Å². The van der Waals surface area contributed by atoms with Crippen LogP contribution in [0, 0.1) is 5.82 Å². The highest BCUT2D eigenvalue weighted by atomic mass is 19.1. The summed E-state index contributed by atoms with van der Waals surface area (Å²) >= 11 is 0. The maximum Gasteiger partial charge on any atom is 0.146 e. The largest absolute Gasteiger partial charge is 0.381 e. The van der Waals surface area contributed by atoms with E-state index in [-0.39, 0.29) is 5.82 Å². The predicted molar refractivity (Wildman–Crippen MR) is 60.7 cm³/mol. The Morgan fingerprint density at radius 3 is 3.00 bits per heavy atom. The van der Waals surface area contributed by atoms with Crippen LogP contribution < -0.4 is 10.6 Å². The molecule has 0 fully saturated rings. The molecule has 1 heterocycles. The molecule has 2 N–H and O–H groups in total. The lowest BCUT2D eigenvalue weighted by atomic mass is 9.99. The van der Waals surface area contributed by atoms with Gasteiger partial charge in [-0.05, 0) is 18.1 Å². The van der Waals surface area contributed by atoms with Gasteiger partial charge in [-0.15, -0.1) is 0 Å². The molecule has 0 bridgehead atoms. The van der Waals surface area contributed by atoms with Crippen LogP contribution >= 0.6 is 0 Å². The Kier molecular flexibility index (Phi) is 2.91. The van der Waals surface area contributed by atoms with E-state index in [2.05, 4.69) is 24.5 Å². The van der Waals surface area contributed by atoms with Crippen LogP contribution in [0.15, 0.2) is 18.2 Å². The van der Waals surface area contributed by atoms with Crippen LogP contribution in [-0.4, -0.2) is 18.6 Å². The van der Waals surface area contributed by atoms with Crippen molar-refractivity contribution in [2.45, 2.75) is 32.4 Å². The minimum absolute atomic E-state index is 0.143. The second kappa shape index (κ2) is 4.19. The summed E-state index contributed by atoms with van der Waals surface area (Å²) in [4.78, 5) is 0. The molecule has 1 aliphatic rings. The maximum absolute atomic E-state index is 13.4. The number of fused-ring (bicyclic) bond motifs is 1. The number of hydrogen-bond acceptors (Lipinski definition) is 2. The average molecular weight is 208 g/mol. The van der Waals surface area contributed by atoms with Gasteiger partial charge < -0.3 is 10.6 Å². The van der Waals surface area contributed by atoms with Crippen molar-refractivity contribution in [2.75, 3.05) is 11.9 Å². The number of nitrogens with one attached hydrogen (secondary N) is 2. The standard InChI is InChI=1S/C12H17FN2/c1-8(2)15-10-6-9-4-3-5-11(13)12(9)14-7-10/h3-5,8,10,14-15H,6-7H2,1-2H3. The fourth-order valence-corrected chi connectivity index (χ4v) is 2.09. The summed E-state index contributed by atoms with van der Waals surface area (Å²) < 4.78 is 13.4. The fourth-order valence-electron chi connectivity index (χ4n) is 2.09. The van der Waals surface area contributed by atoms with Crippen LogP contribution in [0.4, 0.5) is 10.1 Å².